The van der Waals surface area contributed by atoms with Crippen LogP contribution in [0.5, 0.6) is 0 Å². The third kappa shape index (κ3) is 3.81. The van der Waals surface area contributed by atoms with Crippen molar-refractivity contribution in [2.24, 2.45) is 0 Å². The van der Waals surface area contributed by atoms with E-state index in [0.29, 0.717) is 5.69 Å². The van der Waals surface area contributed by atoms with Crippen LogP contribution in [0.3, 0.4) is 0 Å². The lowest BCUT2D eigenvalue weighted by molar-refractivity contribution is 0.602. The number of hydrogen-bond acceptors (Lipinski definition) is 2. The lowest BCUT2D eigenvalue weighted by Crippen LogP contribution is -2.18. The molecule has 0 aliphatic carbocycles. The van der Waals surface area contributed by atoms with Gasteiger partial charge in [-0.2, -0.15) is 0 Å². The Morgan fingerprint density at radius 2 is 2.13 bits per heavy atom. The smallest absolute Gasteiger partial charge is 0.233 e. The molecular weight excluding hydrogens is 349 g/mol. The van der Waals surface area contributed by atoms with Gasteiger partial charge in [0, 0.05) is 9.45 Å². The second kappa shape index (κ2) is 5.36. The first-order valence-corrected chi connectivity index (χ1v) is 7.54. The number of anilines is 1. The SMILES string of the molecule is Cc1c(I)cccc1NS(=O)(=O)CCCl. The summed E-state index contributed by atoms with van der Waals surface area (Å²) in [6, 6.07) is 5.48. The highest BCUT2D eigenvalue weighted by atomic mass is 127. The first-order valence-electron chi connectivity index (χ1n) is 4.28. The Balaban J connectivity index is 2.95. The third-order valence-corrected chi connectivity index (χ3v) is 4.73. The van der Waals surface area contributed by atoms with E-state index in [0.717, 1.165) is 9.13 Å². The zero-order chi connectivity index (χ0) is 11.5. The Labute approximate surface area is 108 Å². The third-order valence-electron chi connectivity index (χ3n) is 1.88. The molecule has 0 bridgehead atoms. The maximum Gasteiger partial charge on any atom is 0.233 e. The number of alkyl halides is 1. The molecule has 0 spiro atoms. The van der Waals surface area contributed by atoms with E-state index in [2.05, 4.69) is 27.3 Å². The predicted molar refractivity (Wildman–Crippen MR) is 72.0 cm³/mol. The highest BCUT2D eigenvalue weighted by Gasteiger charge is 2.11. The Morgan fingerprint density at radius 3 is 2.73 bits per heavy atom. The summed E-state index contributed by atoms with van der Waals surface area (Å²) in [6.07, 6.45) is 0. The molecule has 0 unspecified atom stereocenters. The number of benzene rings is 1. The van der Waals surface area contributed by atoms with Gasteiger partial charge in [-0.15, -0.1) is 11.6 Å². The van der Waals surface area contributed by atoms with Crippen molar-refractivity contribution >= 4 is 49.9 Å². The van der Waals surface area contributed by atoms with Crippen LogP contribution in [-0.4, -0.2) is 20.1 Å². The standard InChI is InChI=1S/C9H11ClINO2S/c1-7-8(11)3-2-4-9(7)12-15(13,14)6-5-10/h2-4,12H,5-6H2,1H3. The minimum atomic E-state index is -3.31. The van der Waals surface area contributed by atoms with Crippen molar-refractivity contribution in [3.05, 3.63) is 27.3 Å². The molecule has 0 fully saturated rings. The van der Waals surface area contributed by atoms with E-state index in [1.165, 1.54) is 0 Å². The maximum absolute atomic E-state index is 11.5. The monoisotopic (exact) mass is 359 g/mol. The van der Waals surface area contributed by atoms with Crippen LogP contribution < -0.4 is 4.72 Å². The molecule has 0 heterocycles. The average molecular weight is 360 g/mol. The summed E-state index contributed by atoms with van der Waals surface area (Å²) in [5.74, 6) is 0.0256. The van der Waals surface area contributed by atoms with Crippen molar-refractivity contribution in [3.63, 3.8) is 0 Å². The van der Waals surface area contributed by atoms with Crippen LogP contribution in [0.25, 0.3) is 0 Å². The van der Waals surface area contributed by atoms with Gasteiger partial charge in [-0.3, -0.25) is 4.72 Å². The van der Waals surface area contributed by atoms with Gasteiger partial charge in [0.2, 0.25) is 10.0 Å². The average Bonchev–Trinajstić information content (AvgIpc) is 2.12. The van der Waals surface area contributed by atoms with Crippen LogP contribution in [0.1, 0.15) is 5.56 Å². The van der Waals surface area contributed by atoms with Crippen molar-refractivity contribution in [3.8, 4) is 0 Å². The van der Waals surface area contributed by atoms with E-state index in [9.17, 15) is 8.42 Å². The minimum absolute atomic E-state index is 0.0700. The molecule has 1 N–H and O–H groups in total. The van der Waals surface area contributed by atoms with E-state index >= 15 is 0 Å². The van der Waals surface area contributed by atoms with Crippen LogP contribution >= 0.6 is 34.2 Å². The van der Waals surface area contributed by atoms with E-state index in [1.54, 1.807) is 6.07 Å². The lowest BCUT2D eigenvalue weighted by atomic mass is 10.2. The van der Waals surface area contributed by atoms with Crippen molar-refractivity contribution in [1.29, 1.82) is 0 Å². The fraction of sp³-hybridized carbons (Fsp3) is 0.333. The highest BCUT2D eigenvalue weighted by Crippen LogP contribution is 2.21. The number of hydrogen-bond donors (Lipinski definition) is 1. The van der Waals surface area contributed by atoms with Gasteiger partial charge in [0.1, 0.15) is 0 Å². The van der Waals surface area contributed by atoms with E-state index in [4.69, 9.17) is 11.6 Å². The highest BCUT2D eigenvalue weighted by molar-refractivity contribution is 14.1. The van der Waals surface area contributed by atoms with Crippen molar-refractivity contribution in [2.75, 3.05) is 16.4 Å². The Morgan fingerprint density at radius 1 is 1.47 bits per heavy atom. The molecule has 0 atom stereocenters. The van der Waals surface area contributed by atoms with Gasteiger partial charge in [-0.25, -0.2) is 8.42 Å². The molecule has 15 heavy (non-hydrogen) atoms. The Hall–Kier alpha value is -0.0100. The summed E-state index contributed by atoms with van der Waals surface area (Å²) in [6.45, 7) is 1.88. The summed E-state index contributed by atoms with van der Waals surface area (Å²) >= 11 is 7.56. The molecule has 1 aromatic carbocycles. The molecule has 84 valence electrons. The van der Waals surface area contributed by atoms with Gasteiger partial charge < -0.3 is 0 Å². The first kappa shape index (κ1) is 13.1. The van der Waals surface area contributed by atoms with Crippen molar-refractivity contribution < 1.29 is 8.42 Å². The molecule has 1 aromatic rings. The second-order valence-electron chi connectivity index (χ2n) is 3.02. The molecule has 1 rings (SSSR count). The number of halogens is 2. The number of nitrogens with one attached hydrogen (secondary N) is 1. The van der Waals surface area contributed by atoms with Crippen LogP contribution in [0, 0.1) is 10.5 Å². The van der Waals surface area contributed by atoms with Crippen LogP contribution in [0.2, 0.25) is 0 Å². The molecule has 6 heteroatoms. The van der Waals surface area contributed by atoms with Crippen LogP contribution in [0.4, 0.5) is 5.69 Å². The van der Waals surface area contributed by atoms with Crippen LogP contribution in [-0.2, 0) is 10.0 Å². The second-order valence-corrected chi connectivity index (χ2v) is 6.40. The quantitative estimate of drug-likeness (QED) is 0.663. The maximum atomic E-state index is 11.5. The fourth-order valence-electron chi connectivity index (χ4n) is 1.04. The Bertz CT molecular complexity index is 447. The molecule has 0 aliphatic rings. The summed E-state index contributed by atoms with van der Waals surface area (Å²) in [4.78, 5) is 0. The molecule has 0 radical (unpaired) electrons. The van der Waals surface area contributed by atoms with Gasteiger partial charge in [-0.05, 0) is 47.2 Å². The number of rotatable bonds is 4. The van der Waals surface area contributed by atoms with Gasteiger partial charge in [0.05, 0.1) is 11.4 Å². The first-order chi connectivity index (χ1) is 6.96. The van der Waals surface area contributed by atoms with E-state index < -0.39 is 10.0 Å². The van der Waals surface area contributed by atoms with Crippen LogP contribution in [0.15, 0.2) is 18.2 Å². The van der Waals surface area contributed by atoms with Gasteiger partial charge in [0.15, 0.2) is 0 Å². The van der Waals surface area contributed by atoms with Gasteiger partial charge in [-0.1, -0.05) is 6.07 Å². The molecule has 0 saturated carbocycles. The van der Waals surface area contributed by atoms with Gasteiger partial charge >= 0.3 is 0 Å². The summed E-state index contributed by atoms with van der Waals surface area (Å²) in [7, 11) is -3.31. The lowest BCUT2D eigenvalue weighted by Gasteiger charge is -2.10. The van der Waals surface area contributed by atoms with E-state index in [-0.39, 0.29) is 11.6 Å². The normalized spacial score (nSPS) is 11.4. The molecule has 0 aromatic heterocycles. The van der Waals surface area contributed by atoms with Crippen molar-refractivity contribution in [2.45, 2.75) is 6.92 Å². The Kier molecular flexibility index (Phi) is 4.66. The zero-order valence-electron chi connectivity index (χ0n) is 8.13. The minimum Gasteiger partial charge on any atom is -0.283 e. The van der Waals surface area contributed by atoms with E-state index in [1.807, 2.05) is 19.1 Å². The molecule has 0 amide bonds. The zero-order valence-corrected chi connectivity index (χ0v) is 11.9. The molecule has 0 saturated heterocycles. The fourth-order valence-corrected chi connectivity index (χ4v) is 3.01. The topological polar surface area (TPSA) is 46.2 Å². The largest absolute Gasteiger partial charge is 0.283 e. The summed E-state index contributed by atoms with van der Waals surface area (Å²) < 4.78 is 26.5. The van der Waals surface area contributed by atoms with Gasteiger partial charge in [0.25, 0.3) is 0 Å². The summed E-state index contributed by atoms with van der Waals surface area (Å²) in [5, 5.41) is 0. The number of sulfonamides is 1. The van der Waals surface area contributed by atoms with Crippen molar-refractivity contribution in [1.82, 2.24) is 0 Å². The summed E-state index contributed by atoms with van der Waals surface area (Å²) in [5.41, 5.74) is 1.54. The predicted octanol–water partition coefficient (Wildman–Crippen LogP) is 2.58. The molecule has 0 aliphatic heterocycles. The molecular formula is C9H11ClINO2S. The molecule has 3 nitrogen and oxygen atoms in total.